The number of hydrogen-bond acceptors (Lipinski definition) is 1. The maximum Gasteiger partial charge on any atom is 0.0731 e. The van der Waals surface area contributed by atoms with Crippen LogP contribution >= 0.6 is 0 Å². The van der Waals surface area contributed by atoms with Gasteiger partial charge in [-0.3, -0.25) is 0 Å². The van der Waals surface area contributed by atoms with Crippen molar-refractivity contribution in [3.05, 3.63) is 197 Å². The van der Waals surface area contributed by atoms with Gasteiger partial charge in [-0.05, 0) is 140 Å². The lowest BCUT2D eigenvalue weighted by molar-refractivity contribution is 0.802. The first-order valence-corrected chi connectivity index (χ1v) is 17.3. The van der Waals surface area contributed by atoms with E-state index < -0.39 is 5.41 Å². The van der Waals surface area contributed by atoms with Gasteiger partial charge < -0.3 is 4.90 Å². The number of anilines is 3. The summed E-state index contributed by atoms with van der Waals surface area (Å²) in [5, 5.41) is 5.11. The van der Waals surface area contributed by atoms with Crippen molar-refractivity contribution >= 4 is 38.6 Å². The Labute approximate surface area is 287 Å². The van der Waals surface area contributed by atoms with Crippen molar-refractivity contribution < 1.29 is 0 Å². The highest BCUT2D eigenvalue weighted by molar-refractivity contribution is 6.07. The number of rotatable bonds is 3. The van der Waals surface area contributed by atoms with Gasteiger partial charge in [0.25, 0.3) is 0 Å². The molecule has 2 aliphatic rings. The van der Waals surface area contributed by atoms with Gasteiger partial charge in [0, 0.05) is 17.1 Å². The number of hydrogen-bond donors (Lipinski definition) is 0. The second-order valence-electron chi connectivity index (χ2n) is 13.9. The van der Waals surface area contributed by atoms with Crippen molar-refractivity contribution in [2.75, 3.05) is 4.90 Å². The summed E-state index contributed by atoms with van der Waals surface area (Å²) in [5.74, 6) is 0. The molecule has 0 bridgehead atoms. The van der Waals surface area contributed by atoms with E-state index >= 15 is 0 Å². The third-order valence-corrected chi connectivity index (χ3v) is 11.1. The van der Waals surface area contributed by atoms with Gasteiger partial charge in [0.2, 0.25) is 0 Å². The summed E-state index contributed by atoms with van der Waals surface area (Å²) in [6, 6.07) is 59.4. The van der Waals surface area contributed by atoms with Crippen LogP contribution in [0.25, 0.3) is 43.8 Å². The lowest BCUT2D eigenvalue weighted by Crippen LogP contribution is -2.26. The molecule has 1 heteroatoms. The highest BCUT2D eigenvalue weighted by Gasteiger charge is 2.52. The Morgan fingerprint density at radius 3 is 1.78 bits per heavy atom. The quantitative estimate of drug-likeness (QED) is 0.189. The van der Waals surface area contributed by atoms with Gasteiger partial charge in [-0.1, -0.05) is 121 Å². The van der Waals surface area contributed by atoms with Crippen LogP contribution in [0.2, 0.25) is 0 Å². The Hall–Kier alpha value is -5.92. The van der Waals surface area contributed by atoms with Gasteiger partial charge in [0.05, 0.1) is 5.41 Å². The third kappa shape index (κ3) is 3.87. The standard InChI is InChI=1S/C48H35N/c1-30-17-21-36(22-18-30)49(46-26-31(2)16-19-32(46)3)37-23-25-38-35(27-37)20-24-41-42-28-33-10-4-5-11-34(33)29-45(42)48(47(38)41)43-14-8-6-12-39(43)40-13-7-9-15-44(40)48/h4-29H,1-3H3. The monoisotopic (exact) mass is 625 g/mol. The first-order chi connectivity index (χ1) is 24.0. The summed E-state index contributed by atoms with van der Waals surface area (Å²) < 4.78 is 0. The van der Waals surface area contributed by atoms with Gasteiger partial charge in [-0.15, -0.1) is 0 Å². The molecule has 0 aromatic heterocycles. The summed E-state index contributed by atoms with van der Waals surface area (Å²) in [5.41, 5.74) is 17.7. The second-order valence-corrected chi connectivity index (χ2v) is 13.9. The largest absolute Gasteiger partial charge is 0.310 e. The molecule has 8 aromatic carbocycles. The lowest BCUT2D eigenvalue weighted by atomic mass is 9.69. The summed E-state index contributed by atoms with van der Waals surface area (Å²) in [7, 11) is 0. The summed E-state index contributed by atoms with van der Waals surface area (Å²) in [6.07, 6.45) is 0. The molecule has 2 aliphatic carbocycles. The molecule has 8 aromatic rings. The summed E-state index contributed by atoms with van der Waals surface area (Å²) in [6.45, 7) is 6.54. The Balaban J connectivity index is 1.29. The first-order valence-electron chi connectivity index (χ1n) is 17.3. The molecule has 0 saturated heterocycles. The molecule has 0 heterocycles. The Morgan fingerprint density at radius 2 is 1.04 bits per heavy atom. The normalized spacial score (nSPS) is 13.4. The number of benzene rings is 8. The second kappa shape index (κ2) is 10.3. The van der Waals surface area contributed by atoms with Crippen LogP contribution in [0.4, 0.5) is 17.1 Å². The van der Waals surface area contributed by atoms with E-state index in [9.17, 15) is 0 Å². The molecule has 0 unspecified atom stereocenters. The third-order valence-electron chi connectivity index (χ3n) is 11.1. The molecule has 0 aliphatic heterocycles. The van der Waals surface area contributed by atoms with Gasteiger partial charge in [-0.2, -0.15) is 0 Å². The van der Waals surface area contributed by atoms with E-state index in [1.807, 2.05) is 0 Å². The van der Waals surface area contributed by atoms with Crippen molar-refractivity contribution in [1.29, 1.82) is 0 Å². The predicted molar refractivity (Wildman–Crippen MR) is 207 cm³/mol. The Kier molecular flexibility index (Phi) is 5.91. The van der Waals surface area contributed by atoms with Crippen LogP contribution < -0.4 is 4.90 Å². The van der Waals surface area contributed by atoms with Crippen LogP contribution in [0.5, 0.6) is 0 Å². The van der Waals surface area contributed by atoms with Crippen LogP contribution in [0.15, 0.2) is 158 Å². The molecular weight excluding hydrogens is 591 g/mol. The van der Waals surface area contributed by atoms with E-state index in [0.29, 0.717) is 0 Å². The minimum atomic E-state index is -0.410. The van der Waals surface area contributed by atoms with E-state index in [0.717, 1.165) is 11.4 Å². The fourth-order valence-electron chi connectivity index (χ4n) is 8.87. The average Bonchev–Trinajstić information content (AvgIpc) is 3.60. The van der Waals surface area contributed by atoms with Crippen molar-refractivity contribution in [3.63, 3.8) is 0 Å². The Morgan fingerprint density at radius 1 is 0.408 bits per heavy atom. The fraction of sp³-hybridized carbons (Fsp3) is 0.0833. The maximum absolute atomic E-state index is 2.48. The van der Waals surface area contributed by atoms with Crippen LogP contribution in [0.1, 0.15) is 38.9 Å². The summed E-state index contributed by atoms with van der Waals surface area (Å²) in [4.78, 5) is 2.42. The molecular formula is C48H35N. The number of aryl methyl sites for hydroxylation is 3. The average molecular weight is 626 g/mol. The van der Waals surface area contributed by atoms with Gasteiger partial charge >= 0.3 is 0 Å². The fourth-order valence-corrected chi connectivity index (χ4v) is 8.87. The Bertz CT molecular complexity index is 2600. The molecule has 0 radical (unpaired) electrons. The topological polar surface area (TPSA) is 3.24 Å². The molecule has 0 amide bonds. The van der Waals surface area contributed by atoms with E-state index in [4.69, 9.17) is 0 Å². The number of nitrogens with zero attached hydrogens (tertiary/aromatic N) is 1. The van der Waals surface area contributed by atoms with Crippen molar-refractivity contribution in [1.82, 2.24) is 0 Å². The molecule has 0 fully saturated rings. The van der Waals surface area contributed by atoms with Crippen LogP contribution in [0.3, 0.4) is 0 Å². The minimum absolute atomic E-state index is 0.410. The van der Waals surface area contributed by atoms with E-state index in [2.05, 4.69) is 183 Å². The maximum atomic E-state index is 2.48. The molecule has 0 N–H and O–H groups in total. The SMILES string of the molecule is Cc1ccc(N(c2ccc3c4c(ccc3c2)-c2cc3ccccc3cc2C42c3ccccc3-c3ccccc32)c2cc(C)ccc2C)cc1. The zero-order chi connectivity index (χ0) is 32.9. The molecule has 0 atom stereocenters. The molecule has 232 valence electrons. The first kappa shape index (κ1) is 28.1. The molecule has 1 spiro atoms. The molecule has 1 nitrogen and oxygen atoms in total. The van der Waals surface area contributed by atoms with Crippen LogP contribution in [0, 0.1) is 20.8 Å². The predicted octanol–water partition coefficient (Wildman–Crippen LogP) is 12.7. The van der Waals surface area contributed by atoms with Crippen molar-refractivity contribution in [3.8, 4) is 22.3 Å². The lowest BCUT2D eigenvalue weighted by Gasteiger charge is -2.32. The zero-order valence-corrected chi connectivity index (χ0v) is 28.0. The van der Waals surface area contributed by atoms with Gasteiger partial charge in [0.1, 0.15) is 0 Å². The molecule has 49 heavy (non-hydrogen) atoms. The molecule has 0 saturated carbocycles. The smallest absolute Gasteiger partial charge is 0.0731 e. The van der Waals surface area contributed by atoms with Crippen LogP contribution in [-0.2, 0) is 5.41 Å². The van der Waals surface area contributed by atoms with Crippen molar-refractivity contribution in [2.45, 2.75) is 26.2 Å². The highest BCUT2D eigenvalue weighted by Crippen LogP contribution is 2.64. The highest BCUT2D eigenvalue weighted by atomic mass is 15.1. The molecule has 10 rings (SSSR count). The zero-order valence-electron chi connectivity index (χ0n) is 28.0. The van der Waals surface area contributed by atoms with Crippen molar-refractivity contribution in [2.24, 2.45) is 0 Å². The minimum Gasteiger partial charge on any atom is -0.310 e. The van der Waals surface area contributed by atoms with Crippen LogP contribution in [-0.4, -0.2) is 0 Å². The van der Waals surface area contributed by atoms with Gasteiger partial charge in [-0.25, -0.2) is 0 Å². The van der Waals surface area contributed by atoms with Gasteiger partial charge in [0.15, 0.2) is 0 Å². The van der Waals surface area contributed by atoms with E-state index in [1.54, 1.807) is 0 Å². The number of fused-ring (bicyclic) bond motifs is 13. The van der Waals surface area contributed by atoms with E-state index in [-0.39, 0.29) is 0 Å². The van der Waals surface area contributed by atoms with E-state index in [1.165, 1.54) is 88.4 Å². The summed E-state index contributed by atoms with van der Waals surface area (Å²) >= 11 is 0.